The normalized spacial score (nSPS) is 13.7. The molecule has 36 heavy (non-hydrogen) atoms. The molecule has 8 heteroatoms. The molecule has 4 aromatic rings. The highest BCUT2D eigenvalue weighted by Crippen LogP contribution is 2.23. The largest absolute Gasteiger partial charge is 0.355 e. The number of rotatable bonds is 6. The number of carbonyl (C=O) groups excluding carboxylic acids is 1. The maximum Gasteiger partial charge on any atom is 0.254 e. The zero-order valence-electron chi connectivity index (χ0n) is 20.0. The number of amides is 1. The van der Waals surface area contributed by atoms with Crippen molar-refractivity contribution in [1.29, 1.82) is 0 Å². The Morgan fingerprint density at radius 1 is 0.806 bits per heavy atom. The van der Waals surface area contributed by atoms with Crippen LogP contribution in [0.4, 0.5) is 11.5 Å². The SMILES string of the molecule is O=C(Cn1cnc(-c2ccccc2)cc1=O)Nc1cccc(-c2ccc(N3CCCCCC3)nn2)c1. The summed E-state index contributed by atoms with van der Waals surface area (Å²) in [5.74, 6) is 0.591. The Morgan fingerprint density at radius 3 is 2.31 bits per heavy atom. The molecule has 5 rings (SSSR count). The maximum atomic E-state index is 12.7. The molecule has 1 amide bonds. The number of benzene rings is 2. The molecule has 0 aliphatic carbocycles. The molecular formula is C28H28N6O2. The van der Waals surface area contributed by atoms with Crippen molar-refractivity contribution in [2.24, 2.45) is 0 Å². The van der Waals surface area contributed by atoms with E-state index in [-0.39, 0.29) is 18.0 Å². The second-order valence-electron chi connectivity index (χ2n) is 8.91. The van der Waals surface area contributed by atoms with Gasteiger partial charge in [-0.25, -0.2) is 4.98 Å². The Bertz CT molecular complexity index is 1380. The average molecular weight is 481 g/mol. The van der Waals surface area contributed by atoms with Crippen LogP contribution in [0.15, 0.2) is 83.9 Å². The molecule has 0 unspecified atom stereocenters. The zero-order valence-corrected chi connectivity index (χ0v) is 20.0. The van der Waals surface area contributed by atoms with Crippen LogP contribution in [0.25, 0.3) is 22.5 Å². The van der Waals surface area contributed by atoms with E-state index >= 15 is 0 Å². The predicted octanol–water partition coefficient (Wildman–Crippen LogP) is 4.39. The van der Waals surface area contributed by atoms with E-state index in [0.717, 1.165) is 35.7 Å². The molecule has 2 aromatic carbocycles. The molecule has 1 saturated heterocycles. The number of hydrogen-bond acceptors (Lipinski definition) is 6. The third-order valence-corrected chi connectivity index (χ3v) is 6.29. The molecule has 182 valence electrons. The van der Waals surface area contributed by atoms with Gasteiger partial charge < -0.3 is 10.2 Å². The van der Waals surface area contributed by atoms with Crippen molar-refractivity contribution in [2.75, 3.05) is 23.3 Å². The molecular weight excluding hydrogens is 452 g/mol. The zero-order chi connectivity index (χ0) is 24.7. The minimum atomic E-state index is -0.314. The van der Waals surface area contributed by atoms with Crippen molar-refractivity contribution in [3.05, 3.63) is 89.5 Å². The van der Waals surface area contributed by atoms with Gasteiger partial charge in [0, 0.05) is 36.0 Å². The minimum absolute atomic E-state index is 0.129. The third kappa shape index (κ3) is 5.66. The number of nitrogens with one attached hydrogen (secondary N) is 1. The van der Waals surface area contributed by atoms with E-state index in [1.807, 2.05) is 60.7 Å². The topological polar surface area (TPSA) is 93.0 Å². The molecule has 0 spiro atoms. The van der Waals surface area contributed by atoms with Crippen LogP contribution in [0.5, 0.6) is 0 Å². The fourth-order valence-corrected chi connectivity index (χ4v) is 4.37. The summed E-state index contributed by atoms with van der Waals surface area (Å²) in [5, 5.41) is 11.7. The highest BCUT2D eigenvalue weighted by atomic mass is 16.2. The van der Waals surface area contributed by atoms with Gasteiger partial charge in [-0.15, -0.1) is 10.2 Å². The molecule has 0 atom stereocenters. The number of aromatic nitrogens is 4. The van der Waals surface area contributed by atoms with E-state index in [1.54, 1.807) is 6.07 Å². The summed E-state index contributed by atoms with van der Waals surface area (Å²) >= 11 is 0. The van der Waals surface area contributed by atoms with Gasteiger partial charge in [-0.1, -0.05) is 55.3 Å². The van der Waals surface area contributed by atoms with Crippen molar-refractivity contribution < 1.29 is 4.79 Å². The Kier molecular flexibility index (Phi) is 7.12. The van der Waals surface area contributed by atoms with Crippen LogP contribution in [-0.4, -0.2) is 38.7 Å². The molecule has 8 nitrogen and oxygen atoms in total. The minimum Gasteiger partial charge on any atom is -0.355 e. The smallest absolute Gasteiger partial charge is 0.254 e. The molecule has 0 bridgehead atoms. The lowest BCUT2D eigenvalue weighted by molar-refractivity contribution is -0.116. The first kappa shape index (κ1) is 23.4. The first-order valence-electron chi connectivity index (χ1n) is 12.3. The molecule has 1 aliphatic heterocycles. The first-order valence-corrected chi connectivity index (χ1v) is 12.3. The fraction of sp³-hybridized carbons (Fsp3) is 0.250. The van der Waals surface area contributed by atoms with Gasteiger partial charge in [0.25, 0.3) is 5.56 Å². The Hall–Kier alpha value is -4.33. The van der Waals surface area contributed by atoms with Crippen LogP contribution in [-0.2, 0) is 11.3 Å². The summed E-state index contributed by atoms with van der Waals surface area (Å²) in [6.45, 7) is 1.90. The van der Waals surface area contributed by atoms with E-state index in [4.69, 9.17) is 0 Å². The molecule has 3 heterocycles. The van der Waals surface area contributed by atoms with Crippen molar-refractivity contribution in [3.63, 3.8) is 0 Å². The fourth-order valence-electron chi connectivity index (χ4n) is 4.37. The quantitative estimate of drug-likeness (QED) is 0.440. The summed E-state index contributed by atoms with van der Waals surface area (Å²) in [5.41, 5.74) is 3.36. The summed E-state index contributed by atoms with van der Waals surface area (Å²) in [6, 6.07) is 22.3. The second kappa shape index (κ2) is 10.9. The Morgan fingerprint density at radius 2 is 1.58 bits per heavy atom. The van der Waals surface area contributed by atoms with E-state index < -0.39 is 0 Å². The van der Waals surface area contributed by atoms with E-state index in [0.29, 0.717) is 11.4 Å². The van der Waals surface area contributed by atoms with E-state index in [9.17, 15) is 9.59 Å². The van der Waals surface area contributed by atoms with Gasteiger partial charge in [0.2, 0.25) is 5.91 Å². The van der Waals surface area contributed by atoms with Crippen LogP contribution >= 0.6 is 0 Å². The lowest BCUT2D eigenvalue weighted by Gasteiger charge is -2.20. The van der Waals surface area contributed by atoms with Crippen LogP contribution in [0.2, 0.25) is 0 Å². The van der Waals surface area contributed by atoms with Crippen molar-refractivity contribution >= 4 is 17.4 Å². The summed E-state index contributed by atoms with van der Waals surface area (Å²) in [7, 11) is 0. The van der Waals surface area contributed by atoms with Gasteiger partial charge in [0.15, 0.2) is 5.82 Å². The van der Waals surface area contributed by atoms with Crippen molar-refractivity contribution in [3.8, 4) is 22.5 Å². The highest BCUT2D eigenvalue weighted by molar-refractivity contribution is 5.91. The van der Waals surface area contributed by atoms with Gasteiger partial charge in [-0.2, -0.15) is 0 Å². The van der Waals surface area contributed by atoms with E-state index in [2.05, 4.69) is 25.4 Å². The van der Waals surface area contributed by atoms with Crippen molar-refractivity contribution in [1.82, 2.24) is 19.7 Å². The molecule has 0 radical (unpaired) electrons. The van der Waals surface area contributed by atoms with Crippen LogP contribution in [0.3, 0.4) is 0 Å². The Balaban J connectivity index is 1.24. The standard InChI is InChI=1S/C28H28N6O2/c35-27(19-34-20-29-25(18-28(34)36)21-9-4-3-5-10-21)30-23-12-8-11-22(17-23)24-13-14-26(32-31-24)33-15-6-1-2-7-16-33/h3-5,8-14,17-18,20H,1-2,6-7,15-16,19H2,(H,30,35). The summed E-state index contributed by atoms with van der Waals surface area (Å²) < 4.78 is 1.29. The Labute approximate surface area is 209 Å². The molecule has 1 N–H and O–H groups in total. The number of nitrogens with zero attached hydrogens (tertiary/aromatic N) is 5. The van der Waals surface area contributed by atoms with Gasteiger partial charge in [0.05, 0.1) is 17.7 Å². The summed E-state index contributed by atoms with van der Waals surface area (Å²) in [4.78, 5) is 31.8. The van der Waals surface area contributed by atoms with Gasteiger partial charge in [-0.3, -0.25) is 14.2 Å². The van der Waals surface area contributed by atoms with Gasteiger partial charge in [0.1, 0.15) is 6.54 Å². The van der Waals surface area contributed by atoms with Crippen molar-refractivity contribution in [2.45, 2.75) is 32.2 Å². The van der Waals surface area contributed by atoms with Gasteiger partial charge in [-0.05, 0) is 37.1 Å². The van der Waals surface area contributed by atoms with Crippen LogP contribution in [0, 0.1) is 0 Å². The molecule has 1 aliphatic rings. The average Bonchev–Trinajstić information content (AvgIpc) is 3.20. The molecule has 2 aromatic heterocycles. The maximum absolute atomic E-state index is 12.7. The first-order chi connectivity index (χ1) is 17.7. The van der Waals surface area contributed by atoms with Gasteiger partial charge >= 0.3 is 0 Å². The van der Waals surface area contributed by atoms with Crippen LogP contribution in [0.1, 0.15) is 25.7 Å². The third-order valence-electron chi connectivity index (χ3n) is 6.29. The second-order valence-corrected chi connectivity index (χ2v) is 8.91. The lowest BCUT2D eigenvalue weighted by Crippen LogP contribution is -2.27. The number of carbonyl (C=O) groups is 1. The summed E-state index contributed by atoms with van der Waals surface area (Å²) in [6.07, 6.45) is 6.31. The number of hydrogen-bond donors (Lipinski definition) is 1. The highest BCUT2D eigenvalue weighted by Gasteiger charge is 2.13. The number of anilines is 2. The van der Waals surface area contributed by atoms with Crippen LogP contribution < -0.4 is 15.8 Å². The molecule has 1 fully saturated rings. The predicted molar refractivity (Wildman–Crippen MR) is 141 cm³/mol. The van der Waals surface area contributed by atoms with E-state index in [1.165, 1.54) is 42.6 Å². The molecule has 0 saturated carbocycles. The monoisotopic (exact) mass is 480 g/mol. The lowest BCUT2D eigenvalue weighted by atomic mass is 10.1.